The predicted octanol–water partition coefficient (Wildman–Crippen LogP) is 1.69. The molecule has 0 radical (unpaired) electrons. The standard InChI is InChI=1S/C16H17AsF3N3/c17-12-5-6-15(21-11-12)23-9-7-22(8-10-23)14-4-2-1-3-13(14)16(18,19)20/h1-6,11H,7-10,17H2. The maximum atomic E-state index is 13.1. The number of aromatic nitrogens is 1. The molecule has 7 heteroatoms. The first kappa shape index (κ1) is 16.2. The molecule has 23 heavy (non-hydrogen) atoms. The molecule has 1 aromatic heterocycles. The number of nitrogens with zero attached hydrogens (tertiary/aromatic N) is 3. The number of benzene rings is 1. The molecule has 1 aromatic carbocycles. The molecule has 0 N–H and O–H groups in total. The Bertz CT molecular complexity index is 665. The first-order chi connectivity index (χ1) is 10.9. The molecule has 2 aromatic rings. The Morgan fingerprint density at radius 1 is 0.913 bits per heavy atom. The summed E-state index contributed by atoms with van der Waals surface area (Å²) in [4.78, 5) is 8.31. The van der Waals surface area contributed by atoms with Crippen LogP contribution in [-0.2, 0) is 6.18 Å². The number of rotatable bonds is 2. The van der Waals surface area contributed by atoms with Crippen molar-refractivity contribution in [2.45, 2.75) is 6.18 Å². The number of pyridine rings is 1. The molecule has 2 heterocycles. The van der Waals surface area contributed by atoms with Crippen LogP contribution in [0, 0.1) is 0 Å². The predicted molar refractivity (Wildman–Crippen MR) is 88.3 cm³/mol. The molecule has 0 aliphatic carbocycles. The van der Waals surface area contributed by atoms with Crippen LogP contribution in [0.15, 0.2) is 42.6 Å². The molecule has 1 aliphatic heterocycles. The van der Waals surface area contributed by atoms with Gasteiger partial charge < -0.3 is 0 Å². The Hall–Kier alpha value is -1.68. The molecule has 1 fully saturated rings. The minimum absolute atomic E-state index is 0.263. The molecular formula is C16H17AsF3N3. The van der Waals surface area contributed by atoms with Gasteiger partial charge in [-0.1, -0.05) is 0 Å². The number of hydrogen-bond acceptors (Lipinski definition) is 3. The van der Waals surface area contributed by atoms with Gasteiger partial charge in [-0.05, 0) is 0 Å². The quantitative estimate of drug-likeness (QED) is 0.736. The second-order valence-corrected chi connectivity index (χ2v) is 6.84. The zero-order chi connectivity index (χ0) is 16.4. The van der Waals surface area contributed by atoms with E-state index in [0.29, 0.717) is 26.2 Å². The van der Waals surface area contributed by atoms with Crippen LogP contribution in [0.2, 0.25) is 0 Å². The number of piperazine rings is 1. The first-order valence-corrected chi connectivity index (χ1v) is 8.54. The van der Waals surface area contributed by atoms with E-state index in [9.17, 15) is 13.2 Å². The average Bonchev–Trinajstić information content (AvgIpc) is 2.55. The third-order valence-corrected chi connectivity index (χ3v) is 4.64. The topological polar surface area (TPSA) is 19.4 Å². The van der Waals surface area contributed by atoms with Gasteiger partial charge >= 0.3 is 141 Å². The molecule has 122 valence electrons. The van der Waals surface area contributed by atoms with Crippen molar-refractivity contribution < 1.29 is 13.2 Å². The van der Waals surface area contributed by atoms with Gasteiger partial charge in [0.1, 0.15) is 0 Å². The normalized spacial score (nSPS) is 15.8. The molecule has 1 atom stereocenters. The zero-order valence-corrected chi connectivity index (χ0v) is 14.8. The summed E-state index contributed by atoms with van der Waals surface area (Å²) in [5.41, 5.74) is -0.302. The summed E-state index contributed by atoms with van der Waals surface area (Å²) in [6.45, 7) is 2.42. The Balaban J connectivity index is 1.74. The second-order valence-electron chi connectivity index (χ2n) is 5.44. The van der Waals surface area contributed by atoms with Crippen molar-refractivity contribution >= 4 is 32.7 Å². The van der Waals surface area contributed by atoms with Crippen molar-refractivity contribution in [2.75, 3.05) is 36.0 Å². The fourth-order valence-electron chi connectivity index (χ4n) is 2.75. The van der Waals surface area contributed by atoms with E-state index in [-0.39, 0.29) is 5.69 Å². The number of para-hydroxylation sites is 1. The van der Waals surface area contributed by atoms with Crippen LogP contribution in [0.3, 0.4) is 0 Å². The molecule has 3 rings (SSSR count). The van der Waals surface area contributed by atoms with Crippen molar-refractivity contribution in [1.82, 2.24) is 4.98 Å². The number of hydrogen-bond donors (Lipinski definition) is 0. The number of halogens is 3. The molecule has 0 saturated carbocycles. The second kappa shape index (κ2) is 6.44. The Labute approximate surface area is 141 Å². The Morgan fingerprint density at radius 3 is 2.17 bits per heavy atom. The summed E-state index contributed by atoms with van der Waals surface area (Å²) in [7, 11) is 0. The number of anilines is 2. The van der Waals surface area contributed by atoms with Gasteiger partial charge in [-0.2, -0.15) is 0 Å². The molecule has 1 saturated heterocycles. The van der Waals surface area contributed by atoms with E-state index in [1.54, 1.807) is 17.0 Å². The van der Waals surface area contributed by atoms with E-state index in [1.165, 1.54) is 22.9 Å². The van der Waals surface area contributed by atoms with Gasteiger partial charge in [0.25, 0.3) is 0 Å². The molecule has 0 amide bonds. The summed E-state index contributed by atoms with van der Waals surface area (Å²) in [6.07, 6.45) is -2.49. The van der Waals surface area contributed by atoms with Crippen LogP contribution in [0.25, 0.3) is 0 Å². The summed E-state index contributed by atoms with van der Waals surface area (Å²) < 4.78 is 40.6. The van der Waals surface area contributed by atoms with E-state index in [0.717, 1.165) is 16.2 Å². The number of alkyl halides is 3. The average molecular weight is 383 g/mol. The van der Waals surface area contributed by atoms with E-state index >= 15 is 0 Å². The van der Waals surface area contributed by atoms with Crippen molar-refractivity contribution in [1.29, 1.82) is 0 Å². The molecule has 0 spiro atoms. The maximum absolute atomic E-state index is 13.1. The minimum atomic E-state index is -4.33. The monoisotopic (exact) mass is 383 g/mol. The van der Waals surface area contributed by atoms with Gasteiger partial charge in [0.05, 0.1) is 0 Å². The van der Waals surface area contributed by atoms with Crippen LogP contribution in [0.1, 0.15) is 5.56 Å². The van der Waals surface area contributed by atoms with Crippen LogP contribution in [0.5, 0.6) is 0 Å². The van der Waals surface area contributed by atoms with Crippen molar-refractivity contribution in [3.05, 3.63) is 48.2 Å². The van der Waals surface area contributed by atoms with E-state index in [1.807, 2.05) is 18.3 Å². The van der Waals surface area contributed by atoms with Crippen molar-refractivity contribution in [3.8, 4) is 0 Å². The summed E-state index contributed by atoms with van der Waals surface area (Å²) in [5.74, 6) is 0.884. The van der Waals surface area contributed by atoms with Crippen molar-refractivity contribution in [2.24, 2.45) is 0 Å². The summed E-state index contributed by atoms with van der Waals surface area (Å²) >= 11 is 1.52. The molecule has 1 unspecified atom stereocenters. The van der Waals surface area contributed by atoms with Gasteiger partial charge in [-0.25, -0.2) is 0 Å². The van der Waals surface area contributed by atoms with Gasteiger partial charge in [0.15, 0.2) is 0 Å². The summed E-state index contributed by atoms with van der Waals surface area (Å²) in [6, 6.07) is 9.76. The Morgan fingerprint density at radius 2 is 1.57 bits per heavy atom. The van der Waals surface area contributed by atoms with Crippen LogP contribution < -0.4 is 14.2 Å². The van der Waals surface area contributed by atoms with Crippen LogP contribution >= 0.6 is 0 Å². The van der Waals surface area contributed by atoms with Gasteiger partial charge in [-0.15, -0.1) is 0 Å². The molecular weight excluding hydrogens is 366 g/mol. The fourth-order valence-corrected chi connectivity index (χ4v) is 3.11. The van der Waals surface area contributed by atoms with E-state index in [2.05, 4.69) is 9.88 Å². The van der Waals surface area contributed by atoms with Crippen LogP contribution in [-0.4, -0.2) is 48.0 Å². The molecule has 3 nitrogen and oxygen atoms in total. The van der Waals surface area contributed by atoms with Crippen molar-refractivity contribution in [3.63, 3.8) is 0 Å². The van der Waals surface area contributed by atoms with E-state index < -0.39 is 11.7 Å². The third-order valence-electron chi connectivity index (χ3n) is 3.92. The van der Waals surface area contributed by atoms with E-state index in [4.69, 9.17) is 0 Å². The Kier molecular flexibility index (Phi) is 4.53. The van der Waals surface area contributed by atoms with Gasteiger partial charge in [0.2, 0.25) is 0 Å². The van der Waals surface area contributed by atoms with Gasteiger partial charge in [-0.3, -0.25) is 0 Å². The first-order valence-electron chi connectivity index (χ1n) is 7.33. The van der Waals surface area contributed by atoms with Crippen LogP contribution in [0.4, 0.5) is 24.7 Å². The SMILES string of the molecule is FC(F)(F)c1ccccc1N1CCN(c2ccc([AsH2])cn2)CC1. The zero-order valence-electron chi connectivity index (χ0n) is 12.4. The van der Waals surface area contributed by atoms with Gasteiger partial charge in [0, 0.05) is 0 Å². The molecule has 1 aliphatic rings. The third kappa shape index (κ3) is 3.63. The summed E-state index contributed by atoms with van der Waals surface area (Å²) in [5, 5.41) is 0. The fraction of sp³-hybridized carbons (Fsp3) is 0.312. The molecule has 0 bridgehead atoms.